The van der Waals surface area contributed by atoms with Gasteiger partial charge in [0.2, 0.25) is 5.91 Å². The second-order valence-corrected chi connectivity index (χ2v) is 8.45. The standard InChI is InChI=1S/C20H19Cl2N5O2S/c21-14-3-1-4-15(13-14)23-19(29)26-8-2-7-25(9-10-26)17(28)6-5-16-18(22)24-20-27(16)11-12-30-20/h1,3-6,11-13H,2,7-10H2,(H,23,29)/b6-5+. The third-order valence-corrected chi connectivity index (χ3v) is 6.08. The van der Waals surface area contributed by atoms with Crippen molar-refractivity contribution in [3.8, 4) is 0 Å². The highest BCUT2D eigenvalue weighted by Crippen LogP contribution is 2.22. The summed E-state index contributed by atoms with van der Waals surface area (Å²) in [4.78, 5) is 33.7. The quantitative estimate of drug-likeness (QED) is 0.581. The first-order chi connectivity index (χ1) is 14.5. The second-order valence-electron chi connectivity index (χ2n) is 6.78. The maximum Gasteiger partial charge on any atom is 0.321 e. The first-order valence-corrected chi connectivity index (χ1v) is 11.0. The summed E-state index contributed by atoms with van der Waals surface area (Å²) < 4.78 is 1.85. The van der Waals surface area contributed by atoms with Crippen LogP contribution in [0.4, 0.5) is 10.5 Å². The van der Waals surface area contributed by atoms with E-state index in [0.717, 1.165) is 4.96 Å². The number of amides is 3. The molecule has 156 valence electrons. The fourth-order valence-corrected chi connectivity index (χ4v) is 4.49. The van der Waals surface area contributed by atoms with Gasteiger partial charge in [0.15, 0.2) is 10.1 Å². The molecule has 10 heteroatoms. The van der Waals surface area contributed by atoms with Crippen LogP contribution in [0, 0.1) is 0 Å². The summed E-state index contributed by atoms with van der Waals surface area (Å²) in [5, 5.41) is 5.69. The van der Waals surface area contributed by atoms with E-state index in [1.54, 1.807) is 40.1 Å². The highest BCUT2D eigenvalue weighted by Gasteiger charge is 2.21. The Morgan fingerprint density at radius 3 is 2.77 bits per heavy atom. The summed E-state index contributed by atoms with van der Waals surface area (Å²) in [5.41, 5.74) is 1.32. The first kappa shape index (κ1) is 20.7. The molecule has 0 spiro atoms. The molecule has 1 fully saturated rings. The largest absolute Gasteiger partial charge is 0.337 e. The van der Waals surface area contributed by atoms with Crippen molar-refractivity contribution in [1.82, 2.24) is 19.2 Å². The zero-order valence-electron chi connectivity index (χ0n) is 15.9. The predicted molar refractivity (Wildman–Crippen MR) is 120 cm³/mol. The highest BCUT2D eigenvalue weighted by molar-refractivity contribution is 7.15. The molecule has 1 N–H and O–H groups in total. The number of hydrogen-bond donors (Lipinski definition) is 1. The summed E-state index contributed by atoms with van der Waals surface area (Å²) in [7, 11) is 0. The lowest BCUT2D eigenvalue weighted by atomic mass is 10.3. The summed E-state index contributed by atoms with van der Waals surface area (Å²) in [6.45, 7) is 2.07. The van der Waals surface area contributed by atoms with E-state index in [-0.39, 0.29) is 11.9 Å². The van der Waals surface area contributed by atoms with Gasteiger partial charge in [0.1, 0.15) is 0 Å². The minimum atomic E-state index is -0.201. The number of nitrogens with one attached hydrogen (secondary N) is 1. The number of carbonyl (C=O) groups excluding carboxylic acids is 2. The van der Waals surface area contributed by atoms with Gasteiger partial charge in [-0.2, -0.15) is 0 Å². The zero-order valence-corrected chi connectivity index (χ0v) is 18.3. The molecule has 1 saturated heterocycles. The predicted octanol–water partition coefficient (Wildman–Crippen LogP) is 4.48. The van der Waals surface area contributed by atoms with E-state index in [1.807, 2.05) is 16.0 Å². The van der Waals surface area contributed by atoms with Crippen LogP contribution in [-0.4, -0.2) is 57.3 Å². The number of nitrogens with zero attached hydrogens (tertiary/aromatic N) is 4. The van der Waals surface area contributed by atoms with Gasteiger partial charge < -0.3 is 15.1 Å². The van der Waals surface area contributed by atoms with Crippen LogP contribution < -0.4 is 5.32 Å². The van der Waals surface area contributed by atoms with Crippen molar-refractivity contribution < 1.29 is 9.59 Å². The molecule has 0 atom stereocenters. The van der Waals surface area contributed by atoms with Crippen molar-refractivity contribution in [3.05, 3.63) is 57.8 Å². The van der Waals surface area contributed by atoms with E-state index in [9.17, 15) is 9.59 Å². The topological polar surface area (TPSA) is 70.0 Å². The number of rotatable bonds is 3. The molecule has 1 aromatic carbocycles. The smallest absolute Gasteiger partial charge is 0.321 e. The van der Waals surface area contributed by atoms with Gasteiger partial charge in [0.05, 0.1) is 5.69 Å². The van der Waals surface area contributed by atoms with Gasteiger partial charge in [-0.1, -0.05) is 29.3 Å². The number of fused-ring (bicyclic) bond motifs is 1. The van der Waals surface area contributed by atoms with Crippen LogP contribution in [0.3, 0.4) is 0 Å². The van der Waals surface area contributed by atoms with Crippen LogP contribution in [-0.2, 0) is 4.79 Å². The van der Waals surface area contributed by atoms with E-state index in [2.05, 4.69) is 10.3 Å². The Labute approximate surface area is 187 Å². The molecule has 0 unspecified atom stereocenters. The molecule has 7 nitrogen and oxygen atoms in total. The molecule has 0 aliphatic carbocycles. The zero-order chi connectivity index (χ0) is 21.1. The minimum Gasteiger partial charge on any atom is -0.337 e. The molecular formula is C20H19Cl2N5O2S. The van der Waals surface area contributed by atoms with Crippen LogP contribution in [0.2, 0.25) is 10.2 Å². The summed E-state index contributed by atoms with van der Waals surface area (Å²) in [6, 6.07) is 6.82. The number of benzene rings is 1. The molecule has 0 bridgehead atoms. The lowest BCUT2D eigenvalue weighted by Crippen LogP contribution is -2.39. The number of halogens is 2. The number of carbonyl (C=O) groups is 2. The summed E-state index contributed by atoms with van der Waals surface area (Å²) in [6.07, 6.45) is 5.76. The van der Waals surface area contributed by atoms with E-state index < -0.39 is 0 Å². The molecule has 1 aliphatic rings. The molecule has 2 aromatic heterocycles. The van der Waals surface area contributed by atoms with E-state index in [4.69, 9.17) is 23.2 Å². The molecule has 3 aromatic rings. The van der Waals surface area contributed by atoms with Gasteiger partial charge in [-0.3, -0.25) is 9.20 Å². The van der Waals surface area contributed by atoms with Crippen molar-refractivity contribution in [2.45, 2.75) is 6.42 Å². The average Bonchev–Trinajstić information content (AvgIpc) is 3.16. The van der Waals surface area contributed by atoms with Gasteiger partial charge >= 0.3 is 6.03 Å². The van der Waals surface area contributed by atoms with E-state index in [0.29, 0.717) is 54.2 Å². The van der Waals surface area contributed by atoms with Gasteiger partial charge in [-0.05, 0) is 30.7 Å². The Kier molecular flexibility index (Phi) is 6.26. The molecule has 0 saturated carbocycles. The van der Waals surface area contributed by atoms with Crippen LogP contribution in [0.5, 0.6) is 0 Å². The van der Waals surface area contributed by atoms with Gasteiger partial charge in [-0.25, -0.2) is 9.78 Å². The average molecular weight is 464 g/mol. The lowest BCUT2D eigenvalue weighted by molar-refractivity contribution is -0.125. The number of imidazole rings is 1. The highest BCUT2D eigenvalue weighted by atomic mass is 35.5. The Morgan fingerprint density at radius 2 is 1.93 bits per heavy atom. The normalized spacial score (nSPS) is 15.0. The summed E-state index contributed by atoms with van der Waals surface area (Å²) in [5.74, 6) is -0.117. The monoisotopic (exact) mass is 463 g/mol. The maximum atomic E-state index is 12.7. The fraction of sp³-hybridized carbons (Fsp3) is 0.250. The van der Waals surface area contributed by atoms with Gasteiger partial charge in [0.25, 0.3) is 0 Å². The minimum absolute atomic E-state index is 0.117. The third-order valence-electron chi connectivity index (χ3n) is 4.81. The van der Waals surface area contributed by atoms with Crippen molar-refractivity contribution >= 4 is 63.2 Å². The fourth-order valence-electron chi connectivity index (χ4n) is 3.29. The van der Waals surface area contributed by atoms with E-state index in [1.165, 1.54) is 17.4 Å². The molecule has 1 aliphatic heterocycles. The van der Waals surface area contributed by atoms with Crippen molar-refractivity contribution in [1.29, 1.82) is 0 Å². The van der Waals surface area contributed by atoms with Crippen LogP contribution in [0.25, 0.3) is 11.0 Å². The van der Waals surface area contributed by atoms with Gasteiger partial charge in [0, 0.05) is 54.5 Å². The molecule has 0 radical (unpaired) electrons. The van der Waals surface area contributed by atoms with Gasteiger partial charge in [-0.15, -0.1) is 11.3 Å². The Hall–Kier alpha value is -2.55. The lowest BCUT2D eigenvalue weighted by Gasteiger charge is -2.22. The molecule has 3 amide bonds. The number of anilines is 1. The Bertz CT molecular complexity index is 1110. The Morgan fingerprint density at radius 1 is 1.13 bits per heavy atom. The number of urea groups is 1. The van der Waals surface area contributed by atoms with Crippen molar-refractivity contribution in [2.24, 2.45) is 0 Å². The number of hydrogen-bond acceptors (Lipinski definition) is 4. The summed E-state index contributed by atoms with van der Waals surface area (Å²) >= 11 is 13.6. The van der Waals surface area contributed by atoms with E-state index >= 15 is 0 Å². The van der Waals surface area contributed by atoms with Crippen LogP contribution in [0.15, 0.2) is 41.9 Å². The Balaban J connectivity index is 1.36. The number of aromatic nitrogens is 2. The van der Waals surface area contributed by atoms with Crippen LogP contribution in [0.1, 0.15) is 12.1 Å². The molecule has 4 rings (SSSR count). The maximum absolute atomic E-state index is 12.7. The molecular weight excluding hydrogens is 445 g/mol. The van der Waals surface area contributed by atoms with Crippen LogP contribution >= 0.6 is 34.5 Å². The molecule has 3 heterocycles. The third kappa shape index (κ3) is 4.61. The van der Waals surface area contributed by atoms with Crippen molar-refractivity contribution in [2.75, 3.05) is 31.5 Å². The second kappa shape index (κ2) is 9.07. The molecule has 30 heavy (non-hydrogen) atoms. The number of thiazole rings is 1. The first-order valence-electron chi connectivity index (χ1n) is 9.41. The SMILES string of the molecule is O=C(/C=C/c1c(Cl)nc2sccn12)N1CCCN(C(=O)Nc2cccc(Cl)c2)CC1. The van der Waals surface area contributed by atoms with Crippen molar-refractivity contribution in [3.63, 3.8) is 0 Å².